The van der Waals surface area contributed by atoms with E-state index in [4.69, 9.17) is 5.11 Å². The monoisotopic (exact) mass is 294 g/mol. The van der Waals surface area contributed by atoms with Crippen LogP contribution in [-0.2, 0) is 11.0 Å². The summed E-state index contributed by atoms with van der Waals surface area (Å²) in [4.78, 5) is 10.4. The molecule has 0 heterocycles. The van der Waals surface area contributed by atoms with Gasteiger partial charge in [0.05, 0.1) is 25.2 Å². The molecule has 0 aliphatic rings. The molecule has 2 atom stereocenters. The zero-order chi connectivity index (χ0) is 15.5. The number of alkyl halides is 3. The van der Waals surface area contributed by atoms with E-state index in [1.807, 2.05) is 0 Å². The third-order valence-corrected chi connectivity index (χ3v) is 2.62. The third kappa shape index (κ3) is 3.84. The molecule has 0 aromatic heterocycles. The number of aliphatic hydroxyl groups excluding tert-OH is 2. The Balaban J connectivity index is 3.11. The maximum Gasteiger partial charge on any atom is 0.419 e. The van der Waals surface area contributed by atoms with Crippen LogP contribution in [0.4, 0.5) is 13.2 Å². The molecule has 0 saturated carbocycles. The minimum atomic E-state index is -4.70. The minimum absolute atomic E-state index is 0.244. The first-order valence-electron chi connectivity index (χ1n) is 5.50. The predicted octanol–water partition coefficient (Wildman–Crippen LogP) is 1.58. The van der Waals surface area contributed by atoms with Crippen LogP contribution in [0.1, 0.15) is 23.7 Å². The first-order chi connectivity index (χ1) is 9.16. The molecule has 3 N–H and O–H groups in total. The zero-order valence-corrected chi connectivity index (χ0v) is 10.4. The van der Waals surface area contributed by atoms with Gasteiger partial charge in [0, 0.05) is 0 Å². The standard InChI is InChI=1S/C12H13F3O5/c1-20-9-3-2-6(4-7(9)12(13,14)15)11(19)8(16)5-10(17)18/h2-4,8,11,16,19H,5H2,1H3,(H,17,18). The number of halogens is 3. The van der Waals surface area contributed by atoms with Crippen LogP contribution in [0, 0.1) is 0 Å². The second-order valence-electron chi connectivity index (χ2n) is 4.07. The largest absolute Gasteiger partial charge is 0.496 e. The van der Waals surface area contributed by atoms with E-state index >= 15 is 0 Å². The Morgan fingerprint density at radius 3 is 2.40 bits per heavy atom. The summed E-state index contributed by atoms with van der Waals surface area (Å²) in [7, 11) is 1.07. The van der Waals surface area contributed by atoms with E-state index in [1.54, 1.807) is 0 Å². The Morgan fingerprint density at radius 2 is 1.95 bits per heavy atom. The Hall–Kier alpha value is -1.80. The van der Waals surface area contributed by atoms with Crippen LogP contribution in [0.3, 0.4) is 0 Å². The molecule has 0 radical (unpaired) electrons. The molecule has 0 fully saturated rings. The second-order valence-corrected chi connectivity index (χ2v) is 4.07. The van der Waals surface area contributed by atoms with E-state index in [0.717, 1.165) is 19.2 Å². The first-order valence-corrected chi connectivity index (χ1v) is 5.50. The van der Waals surface area contributed by atoms with Gasteiger partial charge in [0.25, 0.3) is 0 Å². The number of carboxylic acids is 1. The zero-order valence-electron chi connectivity index (χ0n) is 10.4. The van der Waals surface area contributed by atoms with Gasteiger partial charge < -0.3 is 20.1 Å². The van der Waals surface area contributed by atoms with Crippen molar-refractivity contribution in [1.29, 1.82) is 0 Å². The molecular weight excluding hydrogens is 281 g/mol. The van der Waals surface area contributed by atoms with Gasteiger partial charge in [-0.1, -0.05) is 6.07 Å². The highest BCUT2D eigenvalue weighted by atomic mass is 19.4. The van der Waals surface area contributed by atoms with E-state index in [1.165, 1.54) is 0 Å². The van der Waals surface area contributed by atoms with Gasteiger partial charge >= 0.3 is 12.1 Å². The first kappa shape index (κ1) is 16.3. The summed E-state index contributed by atoms with van der Waals surface area (Å²) in [5.74, 6) is -1.80. The Kier molecular flexibility index (Phi) is 4.96. The highest BCUT2D eigenvalue weighted by Gasteiger charge is 2.35. The Morgan fingerprint density at radius 1 is 1.35 bits per heavy atom. The summed E-state index contributed by atoms with van der Waals surface area (Å²) in [5, 5.41) is 27.6. The number of rotatable bonds is 5. The van der Waals surface area contributed by atoms with Crippen molar-refractivity contribution in [3.8, 4) is 5.75 Å². The maximum absolute atomic E-state index is 12.8. The Bertz CT molecular complexity index is 486. The van der Waals surface area contributed by atoms with Crippen molar-refractivity contribution in [1.82, 2.24) is 0 Å². The molecule has 8 heteroatoms. The van der Waals surface area contributed by atoms with Crippen molar-refractivity contribution in [3.63, 3.8) is 0 Å². The number of aliphatic hydroxyl groups is 2. The van der Waals surface area contributed by atoms with Crippen molar-refractivity contribution in [2.45, 2.75) is 24.8 Å². The van der Waals surface area contributed by atoms with Crippen LogP contribution in [0.15, 0.2) is 18.2 Å². The fraction of sp³-hybridized carbons (Fsp3) is 0.417. The number of carbonyl (C=O) groups is 1. The number of aliphatic carboxylic acids is 1. The van der Waals surface area contributed by atoms with E-state index < -0.39 is 42.1 Å². The van der Waals surface area contributed by atoms with Gasteiger partial charge in [0.15, 0.2) is 0 Å². The van der Waals surface area contributed by atoms with Crippen molar-refractivity contribution in [2.24, 2.45) is 0 Å². The predicted molar refractivity (Wildman–Crippen MR) is 61.2 cm³/mol. The third-order valence-electron chi connectivity index (χ3n) is 2.62. The molecule has 0 bridgehead atoms. The molecule has 1 aromatic carbocycles. The number of hydrogen-bond donors (Lipinski definition) is 3. The minimum Gasteiger partial charge on any atom is -0.496 e. The van der Waals surface area contributed by atoms with Gasteiger partial charge in [-0.25, -0.2) is 0 Å². The summed E-state index contributed by atoms with van der Waals surface area (Å²) in [6.07, 6.45) is -8.92. The number of carboxylic acid groups (broad SMARTS) is 1. The maximum atomic E-state index is 12.8. The molecular formula is C12H13F3O5. The summed E-state index contributed by atoms with van der Waals surface area (Å²) in [5.41, 5.74) is -1.36. The lowest BCUT2D eigenvalue weighted by atomic mass is 9.99. The molecule has 2 unspecified atom stereocenters. The fourth-order valence-corrected chi connectivity index (χ4v) is 1.64. The van der Waals surface area contributed by atoms with Crippen LogP contribution in [0.25, 0.3) is 0 Å². The smallest absolute Gasteiger partial charge is 0.419 e. The number of hydrogen-bond acceptors (Lipinski definition) is 4. The SMILES string of the molecule is COc1ccc(C(O)C(O)CC(=O)O)cc1C(F)(F)F. The van der Waals surface area contributed by atoms with Crippen LogP contribution >= 0.6 is 0 Å². The molecule has 112 valence electrons. The summed E-state index contributed by atoms with van der Waals surface area (Å²) >= 11 is 0. The number of ether oxygens (including phenoxy) is 1. The molecule has 0 spiro atoms. The lowest BCUT2D eigenvalue weighted by molar-refractivity contribution is -0.142. The van der Waals surface area contributed by atoms with E-state index in [0.29, 0.717) is 6.07 Å². The average molecular weight is 294 g/mol. The van der Waals surface area contributed by atoms with Gasteiger partial charge in [-0.05, 0) is 17.7 Å². The summed E-state index contributed by atoms with van der Waals surface area (Å²) in [6, 6.07) is 2.74. The van der Waals surface area contributed by atoms with Crippen LogP contribution < -0.4 is 4.74 Å². The van der Waals surface area contributed by atoms with Gasteiger partial charge in [0.2, 0.25) is 0 Å². The van der Waals surface area contributed by atoms with Gasteiger partial charge in [-0.15, -0.1) is 0 Å². The normalized spacial score (nSPS) is 14.7. The molecule has 5 nitrogen and oxygen atoms in total. The van der Waals surface area contributed by atoms with Crippen LogP contribution in [0.5, 0.6) is 5.75 Å². The second kappa shape index (κ2) is 6.10. The van der Waals surface area contributed by atoms with E-state index in [-0.39, 0.29) is 5.56 Å². The molecule has 0 aliphatic carbocycles. The van der Waals surface area contributed by atoms with E-state index in [9.17, 15) is 28.2 Å². The van der Waals surface area contributed by atoms with Gasteiger partial charge in [-0.2, -0.15) is 13.2 Å². The fourth-order valence-electron chi connectivity index (χ4n) is 1.64. The Labute approximate surface area is 112 Å². The van der Waals surface area contributed by atoms with Crippen molar-refractivity contribution in [3.05, 3.63) is 29.3 Å². The van der Waals surface area contributed by atoms with Crippen LogP contribution in [-0.4, -0.2) is 34.5 Å². The van der Waals surface area contributed by atoms with Crippen molar-refractivity contribution < 1.29 is 38.0 Å². The molecule has 1 aromatic rings. The van der Waals surface area contributed by atoms with Crippen molar-refractivity contribution in [2.75, 3.05) is 7.11 Å². The topological polar surface area (TPSA) is 87.0 Å². The molecule has 0 amide bonds. The average Bonchev–Trinajstić information content (AvgIpc) is 2.35. The quantitative estimate of drug-likeness (QED) is 0.767. The highest BCUT2D eigenvalue weighted by molar-refractivity contribution is 5.67. The summed E-state index contributed by atoms with van der Waals surface area (Å²) < 4.78 is 42.9. The van der Waals surface area contributed by atoms with E-state index in [2.05, 4.69) is 4.74 Å². The highest BCUT2D eigenvalue weighted by Crippen LogP contribution is 2.38. The lowest BCUT2D eigenvalue weighted by Crippen LogP contribution is -2.22. The number of benzene rings is 1. The van der Waals surface area contributed by atoms with Crippen LogP contribution in [0.2, 0.25) is 0 Å². The molecule has 1 rings (SSSR count). The van der Waals surface area contributed by atoms with Gasteiger partial charge in [0.1, 0.15) is 11.9 Å². The van der Waals surface area contributed by atoms with Crippen molar-refractivity contribution >= 4 is 5.97 Å². The molecule has 20 heavy (non-hydrogen) atoms. The van der Waals surface area contributed by atoms with Gasteiger partial charge in [-0.3, -0.25) is 4.79 Å². The number of methoxy groups -OCH3 is 1. The molecule has 0 aliphatic heterocycles. The lowest BCUT2D eigenvalue weighted by Gasteiger charge is -2.19. The molecule has 0 saturated heterocycles. The summed E-state index contributed by atoms with van der Waals surface area (Å²) in [6.45, 7) is 0.